The summed E-state index contributed by atoms with van der Waals surface area (Å²) in [5, 5.41) is 4.50. The fourth-order valence-electron chi connectivity index (χ4n) is 2.25. The van der Waals surface area contributed by atoms with Gasteiger partial charge in [0, 0.05) is 11.3 Å². The van der Waals surface area contributed by atoms with Crippen LogP contribution in [0.3, 0.4) is 0 Å². The van der Waals surface area contributed by atoms with E-state index in [1.54, 1.807) is 29.6 Å². The molecule has 0 atom stereocenters. The van der Waals surface area contributed by atoms with Gasteiger partial charge in [-0.05, 0) is 53.9 Å². The topological polar surface area (TPSA) is 96.5 Å². The number of hydrazine groups is 1. The number of ether oxygens (including phenoxy) is 1. The highest BCUT2D eigenvalue weighted by atomic mass is 32.1. The highest BCUT2D eigenvalue weighted by Gasteiger charge is 2.11. The Balaban J connectivity index is 1.49. The summed E-state index contributed by atoms with van der Waals surface area (Å²) in [5.41, 5.74) is 5.18. The minimum absolute atomic E-state index is 0.244. The van der Waals surface area contributed by atoms with Crippen LogP contribution in [-0.4, -0.2) is 24.3 Å². The first kappa shape index (κ1) is 20.0. The van der Waals surface area contributed by atoms with E-state index in [2.05, 4.69) is 16.2 Å². The molecule has 2 aromatic carbocycles. The Morgan fingerprint density at radius 2 is 1.72 bits per heavy atom. The number of benzene rings is 2. The Hall–Kier alpha value is -3.72. The molecule has 3 aromatic rings. The molecule has 1 aromatic heterocycles. The molecule has 3 N–H and O–H groups in total. The third-order valence-corrected chi connectivity index (χ3v) is 4.50. The van der Waals surface area contributed by atoms with Gasteiger partial charge in [-0.15, -0.1) is 11.3 Å². The molecule has 9 heteroatoms. The molecule has 1 heterocycles. The van der Waals surface area contributed by atoms with Crippen molar-refractivity contribution in [3.63, 3.8) is 0 Å². The molecule has 29 heavy (non-hydrogen) atoms. The van der Waals surface area contributed by atoms with Gasteiger partial charge in [-0.3, -0.25) is 25.2 Å². The number of carbonyl (C=O) groups is 3. The molecule has 0 fully saturated rings. The van der Waals surface area contributed by atoms with Crippen LogP contribution in [0.1, 0.15) is 20.0 Å². The molecule has 0 bridgehead atoms. The van der Waals surface area contributed by atoms with E-state index in [-0.39, 0.29) is 18.1 Å². The van der Waals surface area contributed by atoms with E-state index in [0.717, 1.165) is 0 Å². The van der Waals surface area contributed by atoms with E-state index in [9.17, 15) is 18.8 Å². The molecular formula is C20H16FN3O4S. The molecule has 3 rings (SSSR count). The number of nitrogens with one attached hydrogen (secondary N) is 3. The first-order valence-electron chi connectivity index (χ1n) is 8.44. The summed E-state index contributed by atoms with van der Waals surface area (Å²) < 4.78 is 18.0. The van der Waals surface area contributed by atoms with Gasteiger partial charge >= 0.3 is 0 Å². The largest absolute Gasteiger partial charge is 0.484 e. The lowest BCUT2D eigenvalue weighted by Gasteiger charge is -2.10. The molecule has 0 spiro atoms. The summed E-state index contributed by atoms with van der Waals surface area (Å²) in [5.74, 6) is -1.52. The fourth-order valence-corrected chi connectivity index (χ4v) is 2.87. The van der Waals surface area contributed by atoms with Crippen molar-refractivity contribution in [1.82, 2.24) is 10.9 Å². The average molecular weight is 413 g/mol. The Kier molecular flexibility index (Phi) is 6.54. The third kappa shape index (κ3) is 5.88. The zero-order chi connectivity index (χ0) is 20.6. The maximum Gasteiger partial charge on any atom is 0.276 e. The molecular weight excluding hydrogens is 397 g/mol. The van der Waals surface area contributed by atoms with Crippen LogP contribution in [0.15, 0.2) is 66.0 Å². The Morgan fingerprint density at radius 1 is 0.931 bits per heavy atom. The molecule has 0 aliphatic rings. The van der Waals surface area contributed by atoms with Crippen molar-refractivity contribution in [2.75, 3.05) is 11.9 Å². The summed E-state index contributed by atoms with van der Waals surface area (Å²) in [6.45, 7) is -0.358. The third-order valence-electron chi connectivity index (χ3n) is 3.63. The van der Waals surface area contributed by atoms with Crippen molar-refractivity contribution in [2.24, 2.45) is 0 Å². The van der Waals surface area contributed by atoms with E-state index >= 15 is 0 Å². The van der Waals surface area contributed by atoms with Crippen molar-refractivity contribution in [3.05, 3.63) is 82.3 Å². The Morgan fingerprint density at radius 3 is 2.45 bits per heavy atom. The predicted molar refractivity (Wildman–Crippen MR) is 106 cm³/mol. The maximum atomic E-state index is 12.8. The van der Waals surface area contributed by atoms with Crippen LogP contribution >= 0.6 is 11.3 Å². The van der Waals surface area contributed by atoms with E-state index in [0.29, 0.717) is 16.3 Å². The van der Waals surface area contributed by atoms with Crippen molar-refractivity contribution in [3.8, 4) is 5.75 Å². The number of anilines is 1. The SMILES string of the molecule is O=C(COc1ccc(F)cc1)NNC(=O)c1cccc(NC(=O)c2cccs2)c1. The van der Waals surface area contributed by atoms with Gasteiger partial charge in [0.25, 0.3) is 17.7 Å². The van der Waals surface area contributed by atoms with Gasteiger partial charge in [-0.1, -0.05) is 12.1 Å². The number of hydrogen-bond donors (Lipinski definition) is 3. The van der Waals surface area contributed by atoms with E-state index in [1.165, 1.54) is 47.7 Å². The van der Waals surface area contributed by atoms with Crippen LogP contribution in [0.25, 0.3) is 0 Å². The molecule has 0 unspecified atom stereocenters. The van der Waals surface area contributed by atoms with E-state index in [4.69, 9.17) is 4.74 Å². The number of amides is 3. The molecule has 0 aliphatic carbocycles. The van der Waals surface area contributed by atoms with Crippen molar-refractivity contribution >= 4 is 34.7 Å². The van der Waals surface area contributed by atoms with Crippen LogP contribution in [-0.2, 0) is 4.79 Å². The van der Waals surface area contributed by atoms with E-state index < -0.39 is 17.6 Å². The van der Waals surface area contributed by atoms with Gasteiger partial charge in [-0.2, -0.15) is 0 Å². The summed E-state index contributed by atoms with van der Waals surface area (Å²) in [6.07, 6.45) is 0. The van der Waals surface area contributed by atoms with Gasteiger partial charge in [-0.25, -0.2) is 4.39 Å². The van der Waals surface area contributed by atoms with Gasteiger partial charge in [0.2, 0.25) is 0 Å². The zero-order valence-electron chi connectivity index (χ0n) is 15.0. The molecule has 0 saturated carbocycles. The lowest BCUT2D eigenvalue weighted by atomic mass is 10.2. The number of thiophene rings is 1. The second-order valence-electron chi connectivity index (χ2n) is 5.76. The van der Waals surface area contributed by atoms with Crippen LogP contribution in [0.2, 0.25) is 0 Å². The van der Waals surface area contributed by atoms with Gasteiger partial charge in [0.05, 0.1) is 4.88 Å². The quantitative estimate of drug-likeness (QED) is 0.542. The van der Waals surface area contributed by atoms with Crippen LogP contribution in [0, 0.1) is 5.82 Å². The van der Waals surface area contributed by atoms with Crippen molar-refractivity contribution < 1.29 is 23.5 Å². The minimum atomic E-state index is -0.593. The average Bonchev–Trinajstić information content (AvgIpc) is 3.27. The summed E-state index contributed by atoms with van der Waals surface area (Å²) in [7, 11) is 0. The van der Waals surface area contributed by atoms with Crippen LogP contribution in [0.4, 0.5) is 10.1 Å². The van der Waals surface area contributed by atoms with Crippen molar-refractivity contribution in [2.45, 2.75) is 0 Å². The second kappa shape index (κ2) is 9.47. The monoisotopic (exact) mass is 413 g/mol. The number of carbonyl (C=O) groups excluding carboxylic acids is 3. The molecule has 0 aliphatic heterocycles. The zero-order valence-corrected chi connectivity index (χ0v) is 15.8. The number of halogens is 1. The lowest BCUT2D eigenvalue weighted by molar-refractivity contribution is -0.123. The standard InChI is InChI=1S/C20H16FN3O4S/c21-14-6-8-16(9-7-14)28-12-18(25)23-24-19(26)13-3-1-4-15(11-13)22-20(27)17-5-2-10-29-17/h1-11H,12H2,(H,22,27)(H,23,25)(H,24,26). The molecule has 148 valence electrons. The molecule has 0 saturated heterocycles. The minimum Gasteiger partial charge on any atom is -0.484 e. The molecule has 3 amide bonds. The Labute approximate surface area is 169 Å². The summed E-state index contributed by atoms with van der Waals surface area (Å²) in [6, 6.07) is 14.9. The Bertz CT molecular complexity index is 1010. The van der Waals surface area contributed by atoms with Gasteiger partial charge in [0.1, 0.15) is 11.6 Å². The maximum absolute atomic E-state index is 12.8. The smallest absolute Gasteiger partial charge is 0.276 e. The second-order valence-corrected chi connectivity index (χ2v) is 6.70. The van der Waals surface area contributed by atoms with Crippen LogP contribution in [0.5, 0.6) is 5.75 Å². The highest BCUT2D eigenvalue weighted by molar-refractivity contribution is 7.12. The van der Waals surface area contributed by atoms with E-state index in [1.807, 2.05) is 0 Å². The summed E-state index contributed by atoms with van der Waals surface area (Å²) in [4.78, 5) is 36.6. The fraction of sp³-hybridized carbons (Fsp3) is 0.0500. The van der Waals surface area contributed by atoms with Crippen molar-refractivity contribution in [1.29, 1.82) is 0 Å². The predicted octanol–water partition coefficient (Wildman–Crippen LogP) is 2.98. The summed E-state index contributed by atoms with van der Waals surface area (Å²) >= 11 is 1.31. The molecule has 0 radical (unpaired) electrons. The molecule has 7 nitrogen and oxygen atoms in total. The van der Waals surface area contributed by atoms with Crippen LogP contribution < -0.4 is 20.9 Å². The highest BCUT2D eigenvalue weighted by Crippen LogP contribution is 2.15. The van der Waals surface area contributed by atoms with Gasteiger partial charge in [0.15, 0.2) is 6.61 Å². The lowest BCUT2D eigenvalue weighted by Crippen LogP contribution is -2.43. The number of rotatable bonds is 6. The van der Waals surface area contributed by atoms with Gasteiger partial charge < -0.3 is 10.1 Å². The normalized spacial score (nSPS) is 10.1. The first-order chi connectivity index (χ1) is 14.0. The number of hydrogen-bond acceptors (Lipinski definition) is 5. The first-order valence-corrected chi connectivity index (χ1v) is 9.32.